The molecule has 1 N–H and O–H groups in total. The van der Waals surface area contributed by atoms with Crippen LogP contribution in [0.4, 0.5) is 11.4 Å². The Kier molecular flexibility index (Phi) is 4.75. The van der Waals surface area contributed by atoms with Gasteiger partial charge in [0.05, 0.1) is 5.69 Å². The van der Waals surface area contributed by atoms with Gasteiger partial charge in [-0.3, -0.25) is 0 Å². The molecule has 0 saturated carbocycles. The van der Waals surface area contributed by atoms with Crippen molar-refractivity contribution in [3.63, 3.8) is 0 Å². The number of nitriles is 1. The highest BCUT2D eigenvalue weighted by Crippen LogP contribution is 2.25. The van der Waals surface area contributed by atoms with E-state index in [4.69, 9.17) is 5.26 Å². The van der Waals surface area contributed by atoms with Crippen molar-refractivity contribution < 1.29 is 0 Å². The number of anilines is 1. The van der Waals surface area contributed by atoms with Crippen LogP contribution < -0.4 is 5.32 Å². The van der Waals surface area contributed by atoms with Crippen LogP contribution in [0.2, 0.25) is 0 Å². The van der Waals surface area contributed by atoms with Crippen molar-refractivity contribution in [3.8, 4) is 6.07 Å². The van der Waals surface area contributed by atoms with E-state index in [9.17, 15) is 0 Å². The first-order valence-electron chi connectivity index (χ1n) is 7.08. The molecule has 0 atom stereocenters. The average molecular weight is 289 g/mol. The van der Waals surface area contributed by atoms with Gasteiger partial charge in [0.15, 0.2) is 0 Å². The number of aliphatic imine (C=N–C) groups is 1. The fourth-order valence-electron chi connectivity index (χ4n) is 2.14. The highest BCUT2D eigenvalue weighted by molar-refractivity contribution is 5.98. The molecule has 0 spiro atoms. The summed E-state index contributed by atoms with van der Waals surface area (Å²) in [6, 6.07) is 16.1. The molecule has 110 valence electrons. The monoisotopic (exact) mass is 289 g/mol. The van der Waals surface area contributed by atoms with Gasteiger partial charge in [0.25, 0.3) is 0 Å². The summed E-state index contributed by atoms with van der Waals surface area (Å²) in [6.45, 7) is 9.83. The molecule has 3 nitrogen and oxygen atoms in total. The Morgan fingerprint density at radius 1 is 1.18 bits per heavy atom. The highest BCUT2D eigenvalue weighted by Gasteiger charge is 2.03. The van der Waals surface area contributed by atoms with Gasteiger partial charge in [-0.25, -0.2) is 4.99 Å². The Morgan fingerprint density at radius 2 is 1.95 bits per heavy atom. The number of rotatable bonds is 4. The molecule has 2 aromatic carbocycles. The maximum Gasteiger partial charge on any atom is 0.115 e. The van der Waals surface area contributed by atoms with Crippen LogP contribution in [0.25, 0.3) is 5.70 Å². The molecular weight excluding hydrogens is 270 g/mol. The van der Waals surface area contributed by atoms with E-state index in [1.54, 1.807) is 6.92 Å². The molecule has 0 aliphatic heterocycles. The number of benzene rings is 2. The molecule has 0 aliphatic carbocycles. The Hall–Kier alpha value is -2.86. The van der Waals surface area contributed by atoms with Gasteiger partial charge in [0, 0.05) is 11.4 Å². The van der Waals surface area contributed by atoms with E-state index in [2.05, 4.69) is 35.9 Å². The van der Waals surface area contributed by atoms with Crippen LogP contribution in [0, 0.1) is 25.2 Å². The fourth-order valence-corrected chi connectivity index (χ4v) is 2.14. The second kappa shape index (κ2) is 6.73. The smallest absolute Gasteiger partial charge is 0.115 e. The molecule has 0 saturated heterocycles. The number of nitrogens with one attached hydrogen (secondary N) is 1. The summed E-state index contributed by atoms with van der Waals surface area (Å²) < 4.78 is 0. The molecule has 3 heteroatoms. The van der Waals surface area contributed by atoms with Crippen LogP contribution in [0.3, 0.4) is 0 Å². The Balaban J connectivity index is 2.19. The van der Waals surface area contributed by atoms with Crippen molar-refractivity contribution >= 4 is 22.8 Å². The third kappa shape index (κ3) is 3.83. The molecule has 0 amide bonds. The lowest BCUT2D eigenvalue weighted by Crippen LogP contribution is -1.98. The minimum absolute atomic E-state index is 0.452. The molecule has 0 bridgehead atoms. The zero-order valence-corrected chi connectivity index (χ0v) is 13.1. The minimum atomic E-state index is 0.452. The third-order valence-electron chi connectivity index (χ3n) is 3.31. The number of nitrogens with zero attached hydrogens (tertiary/aromatic N) is 2. The zero-order valence-electron chi connectivity index (χ0n) is 13.1. The Morgan fingerprint density at radius 3 is 2.59 bits per heavy atom. The van der Waals surface area contributed by atoms with Crippen molar-refractivity contribution in [2.24, 2.45) is 4.99 Å². The standard InChI is InChI=1S/C19H19N3/c1-13-6-5-7-17(10-13)16(4)22-18-8-9-19(14(2)11-18)21-15(3)12-20/h5-11,22H,4H2,1-3H3/b21-15+. The predicted molar refractivity (Wildman–Crippen MR) is 93.4 cm³/mol. The lowest BCUT2D eigenvalue weighted by Gasteiger charge is -2.12. The molecule has 0 unspecified atom stereocenters. The van der Waals surface area contributed by atoms with Crippen molar-refractivity contribution in [2.45, 2.75) is 20.8 Å². The van der Waals surface area contributed by atoms with Crippen molar-refractivity contribution in [1.82, 2.24) is 0 Å². The van der Waals surface area contributed by atoms with E-state index in [0.29, 0.717) is 5.71 Å². The van der Waals surface area contributed by atoms with E-state index in [1.807, 2.05) is 43.3 Å². The van der Waals surface area contributed by atoms with Crippen LogP contribution in [0.5, 0.6) is 0 Å². The maximum absolute atomic E-state index is 8.80. The molecule has 2 rings (SSSR count). The maximum atomic E-state index is 8.80. The molecule has 0 radical (unpaired) electrons. The first-order chi connectivity index (χ1) is 10.5. The summed E-state index contributed by atoms with van der Waals surface area (Å²) in [6.07, 6.45) is 0. The average Bonchev–Trinajstić information content (AvgIpc) is 2.49. The fraction of sp³-hybridized carbons (Fsp3) is 0.158. The van der Waals surface area contributed by atoms with Gasteiger partial charge < -0.3 is 5.32 Å². The lowest BCUT2D eigenvalue weighted by atomic mass is 10.1. The van der Waals surface area contributed by atoms with Gasteiger partial charge in [-0.1, -0.05) is 30.3 Å². The highest BCUT2D eigenvalue weighted by atomic mass is 14.9. The molecule has 22 heavy (non-hydrogen) atoms. The van der Waals surface area contributed by atoms with Gasteiger partial charge in [-0.05, 0) is 56.2 Å². The molecular formula is C19H19N3. The minimum Gasteiger partial charge on any atom is -0.356 e. The summed E-state index contributed by atoms with van der Waals surface area (Å²) in [5.74, 6) is 0. The quantitative estimate of drug-likeness (QED) is 0.805. The van der Waals surface area contributed by atoms with Gasteiger partial charge in [0.1, 0.15) is 11.8 Å². The predicted octanol–water partition coefficient (Wildman–Crippen LogP) is 5.00. The summed E-state index contributed by atoms with van der Waals surface area (Å²) in [5.41, 5.74) is 6.36. The molecule has 2 aromatic rings. The zero-order chi connectivity index (χ0) is 16.1. The topological polar surface area (TPSA) is 48.2 Å². The van der Waals surface area contributed by atoms with E-state index in [-0.39, 0.29) is 0 Å². The van der Waals surface area contributed by atoms with Crippen LogP contribution in [0.1, 0.15) is 23.6 Å². The number of hydrogen-bond acceptors (Lipinski definition) is 3. The van der Waals surface area contributed by atoms with Crippen molar-refractivity contribution in [2.75, 3.05) is 5.32 Å². The summed E-state index contributed by atoms with van der Waals surface area (Å²) in [5, 5.41) is 12.1. The molecule has 0 aliphatic rings. The van der Waals surface area contributed by atoms with Gasteiger partial charge in [-0.2, -0.15) is 5.26 Å². The van der Waals surface area contributed by atoms with Crippen molar-refractivity contribution in [3.05, 3.63) is 65.7 Å². The molecule has 0 fully saturated rings. The van der Waals surface area contributed by atoms with Gasteiger partial charge in [-0.15, -0.1) is 0 Å². The van der Waals surface area contributed by atoms with Crippen LogP contribution >= 0.6 is 0 Å². The van der Waals surface area contributed by atoms with E-state index in [1.165, 1.54) is 5.56 Å². The van der Waals surface area contributed by atoms with Crippen molar-refractivity contribution in [1.29, 1.82) is 5.26 Å². The van der Waals surface area contributed by atoms with Gasteiger partial charge in [0.2, 0.25) is 0 Å². The number of aryl methyl sites for hydroxylation is 2. The first kappa shape index (κ1) is 15.5. The van der Waals surface area contributed by atoms with E-state index < -0.39 is 0 Å². The van der Waals surface area contributed by atoms with Crippen LogP contribution in [-0.2, 0) is 0 Å². The Bertz CT molecular complexity index is 780. The van der Waals surface area contributed by atoms with E-state index in [0.717, 1.165) is 28.2 Å². The van der Waals surface area contributed by atoms with Crippen LogP contribution in [0.15, 0.2) is 54.0 Å². The Labute approximate surface area is 131 Å². The summed E-state index contributed by atoms with van der Waals surface area (Å²) >= 11 is 0. The molecule has 0 aromatic heterocycles. The van der Waals surface area contributed by atoms with Gasteiger partial charge >= 0.3 is 0 Å². The largest absolute Gasteiger partial charge is 0.356 e. The third-order valence-corrected chi connectivity index (χ3v) is 3.31. The molecule has 0 heterocycles. The SMILES string of the molecule is C=C(Nc1ccc(/N=C(\C)C#N)c(C)c1)c1cccc(C)c1. The van der Waals surface area contributed by atoms with E-state index >= 15 is 0 Å². The second-order valence-electron chi connectivity index (χ2n) is 5.28. The van der Waals surface area contributed by atoms with Crippen LogP contribution in [-0.4, -0.2) is 5.71 Å². The summed E-state index contributed by atoms with van der Waals surface area (Å²) in [7, 11) is 0. The number of hydrogen-bond donors (Lipinski definition) is 1. The normalized spacial score (nSPS) is 10.9. The second-order valence-corrected chi connectivity index (χ2v) is 5.28. The first-order valence-corrected chi connectivity index (χ1v) is 7.08. The summed E-state index contributed by atoms with van der Waals surface area (Å²) in [4.78, 5) is 4.27. The lowest BCUT2D eigenvalue weighted by molar-refractivity contribution is 1.38.